The molecule has 0 aromatic heterocycles. The third kappa shape index (κ3) is 26.9. The third-order valence-corrected chi connectivity index (χ3v) is 10.1. The van der Waals surface area contributed by atoms with Gasteiger partial charge in [0.25, 0.3) is 47.3 Å². The van der Waals surface area contributed by atoms with Crippen LogP contribution < -0.4 is 0 Å². The number of ether oxygens (including phenoxy) is 5. The Morgan fingerprint density at radius 2 is 0.827 bits per heavy atom. The molecule has 4 fully saturated rings. The van der Waals surface area contributed by atoms with E-state index in [0.717, 1.165) is 0 Å². The lowest BCUT2D eigenvalue weighted by Crippen LogP contribution is -2.32. The molecule has 0 aromatic carbocycles. The normalized spacial score (nSPS) is 15.3. The molecule has 0 aromatic rings. The lowest BCUT2D eigenvalue weighted by atomic mass is 10.1. The molecule has 4 heterocycles. The molecule has 0 aliphatic carbocycles. The monoisotopic (exact) mass is 1070 g/mol. The Morgan fingerprint density at radius 1 is 0.480 bits per heavy atom. The number of aliphatic hydroxyl groups is 1. The van der Waals surface area contributed by atoms with Gasteiger partial charge in [0.15, 0.2) is 17.3 Å². The Hall–Kier alpha value is -6.76. The molecule has 4 aliphatic heterocycles. The zero-order chi connectivity index (χ0) is 55.5. The van der Waals surface area contributed by atoms with Gasteiger partial charge in [-0.3, -0.25) is 52.7 Å². The number of Topliss-reactive ketones (excluding diaryl/α,β-unsaturated/α-hetero) is 3. The minimum atomic E-state index is -0.786. The van der Waals surface area contributed by atoms with Crippen LogP contribution in [0.1, 0.15) is 122 Å². The molecule has 0 atom stereocenters. The van der Waals surface area contributed by atoms with Gasteiger partial charge in [-0.1, -0.05) is 6.58 Å². The predicted molar refractivity (Wildman–Crippen MR) is 242 cm³/mol. The van der Waals surface area contributed by atoms with Crippen LogP contribution in [0.15, 0.2) is 12.8 Å². The first kappa shape index (κ1) is 64.4. The van der Waals surface area contributed by atoms with Gasteiger partial charge >= 0.3 is 17.9 Å². The zero-order valence-electron chi connectivity index (χ0n) is 41.7. The highest BCUT2D eigenvalue weighted by molar-refractivity contribution is 6.03. The Labute approximate surface area is 429 Å². The smallest absolute Gasteiger partial charge is 0.333 e. The molecular weight excluding hydrogens is 1010 g/mol. The van der Waals surface area contributed by atoms with E-state index >= 15 is 0 Å². The number of hydroxylamine groups is 8. The zero-order valence-corrected chi connectivity index (χ0v) is 41.7. The van der Waals surface area contributed by atoms with Crippen LogP contribution in [0.25, 0.3) is 0 Å². The lowest BCUT2D eigenvalue weighted by Gasteiger charge is -2.16. The predicted octanol–water partition coefficient (Wildman–Crippen LogP) is 0.214. The number of amides is 8. The molecule has 418 valence electrons. The second-order valence-corrected chi connectivity index (χ2v) is 16.4. The van der Waals surface area contributed by atoms with Gasteiger partial charge in [0.2, 0.25) is 0 Å². The molecule has 4 aliphatic rings. The SMILES string of the molecule is C=COCC(COCC(=O)CCCC(=O)ON1C(=O)CCC1=O)COCC(=O)CCCC(=O)ON1C(=O)CCC1=O.COCC(=O)CCCC(=O)ON1C(=O)CCC1=O.O=C1CCC(=O)N1OOCCCCOCO. The van der Waals surface area contributed by atoms with E-state index in [4.69, 9.17) is 33.9 Å². The molecule has 29 nitrogen and oxygen atoms in total. The van der Waals surface area contributed by atoms with E-state index in [1.807, 2.05) is 0 Å². The summed E-state index contributed by atoms with van der Waals surface area (Å²) >= 11 is 0. The third-order valence-electron chi connectivity index (χ3n) is 10.1. The van der Waals surface area contributed by atoms with Crippen LogP contribution in [0.3, 0.4) is 0 Å². The number of methoxy groups -OCH3 is 1. The maximum Gasteiger partial charge on any atom is 0.333 e. The van der Waals surface area contributed by atoms with Crippen molar-refractivity contribution < 1.29 is 120 Å². The van der Waals surface area contributed by atoms with Gasteiger partial charge < -0.3 is 43.3 Å². The van der Waals surface area contributed by atoms with Crippen molar-refractivity contribution in [1.29, 1.82) is 0 Å². The molecule has 8 amide bonds. The van der Waals surface area contributed by atoms with Crippen molar-refractivity contribution in [2.24, 2.45) is 5.92 Å². The number of rotatable bonds is 36. The number of unbranched alkanes of at least 4 members (excludes halogenated alkanes) is 1. The number of hydrogen-bond acceptors (Lipinski definition) is 25. The van der Waals surface area contributed by atoms with E-state index in [9.17, 15) is 67.1 Å². The highest BCUT2D eigenvalue weighted by atomic mass is 17.3. The molecule has 0 unspecified atom stereocenters. The Bertz CT molecular complexity index is 1890. The van der Waals surface area contributed by atoms with Crippen LogP contribution in [0.4, 0.5) is 0 Å². The second kappa shape index (κ2) is 37.0. The van der Waals surface area contributed by atoms with Gasteiger partial charge in [-0.25, -0.2) is 19.3 Å². The van der Waals surface area contributed by atoms with Crippen molar-refractivity contribution in [2.75, 3.05) is 66.8 Å². The van der Waals surface area contributed by atoms with Crippen LogP contribution >= 0.6 is 0 Å². The number of aliphatic hydroxyl groups excluding tert-OH is 1. The minimum Gasteiger partial charge on any atom is -0.501 e. The van der Waals surface area contributed by atoms with Gasteiger partial charge in [0, 0.05) is 110 Å². The molecule has 1 N–H and O–H groups in total. The molecule has 0 saturated carbocycles. The Kier molecular flexibility index (Phi) is 31.8. The molecule has 0 spiro atoms. The number of hydrogen-bond donors (Lipinski definition) is 1. The topological polar surface area (TPSA) is 364 Å². The maximum atomic E-state index is 12.1. The van der Waals surface area contributed by atoms with E-state index in [0.29, 0.717) is 46.1 Å². The van der Waals surface area contributed by atoms with Crippen molar-refractivity contribution >= 4 is 82.5 Å². The summed E-state index contributed by atoms with van der Waals surface area (Å²) in [6.07, 6.45) is 3.56. The standard InChI is InChI=1S/C26H34N2O13.C11H15NO6.C9H15NO6/c1-2-37-13-18(14-38-16-19(29)5-3-7-25(35)40-27-21(31)9-10-22(27)32)15-39-17-20(30)6-4-8-26(36)41-28-23(33)11-12-24(28)34;1-17-7-8(13)3-2-4-11(16)18-12-9(14)5-6-10(12)15;11-7-14-5-1-2-6-15-16-10-8(12)3-4-9(10)13/h2,18H,1,3-17H2;2-7H2,1H3;11H,1-7H2. The van der Waals surface area contributed by atoms with Crippen molar-refractivity contribution in [2.45, 2.75) is 122 Å². The van der Waals surface area contributed by atoms with Crippen molar-refractivity contribution in [3.63, 3.8) is 0 Å². The number of ketones is 3. The van der Waals surface area contributed by atoms with E-state index in [2.05, 4.69) is 25.9 Å². The molecule has 4 rings (SSSR count). The molecule has 29 heteroatoms. The van der Waals surface area contributed by atoms with Crippen LogP contribution in [-0.4, -0.2) is 175 Å². The van der Waals surface area contributed by atoms with Gasteiger partial charge in [0.1, 0.15) is 26.6 Å². The van der Waals surface area contributed by atoms with Gasteiger partial charge in [0.05, 0.1) is 32.7 Å². The minimum absolute atomic E-state index is 0.00512. The summed E-state index contributed by atoms with van der Waals surface area (Å²) < 4.78 is 25.3. The van der Waals surface area contributed by atoms with E-state index in [1.54, 1.807) is 0 Å². The number of carbonyl (C=O) groups excluding carboxylic acids is 14. The number of imide groups is 4. The first-order chi connectivity index (χ1) is 35.9. The van der Waals surface area contributed by atoms with Crippen LogP contribution in [0.2, 0.25) is 0 Å². The second-order valence-electron chi connectivity index (χ2n) is 16.4. The summed E-state index contributed by atoms with van der Waals surface area (Å²) in [6, 6.07) is 0. The Morgan fingerprint density at radius 3 is 1.17 bits per heavy atom. The summed E-state index contributed by atoms with van der Waals surface area (Å²) in [7, 11) is 1.41. The quantitative estimate of drug-likeness (QED) is 0.0219. The maximum absolute atomic E-state index is 12.1. The van der Waals surface area contributed by atoms with E-state index < -0.39 is 53.4 Å². The first-order valence-corrected chi connectivity index (χ1v) is 23.9. The molecule has 75 heavy (non-hydrogen) atoms. The summed E-state index contributed by atoms with van der Waals surface area (Å²) in [5.41, 5.74) is 0. The van der Waals surface area contributed by atoms with E-state index in [1.165, 1.54) is 13.4 Å². The van der Waals surface area contributed by atoms with Gasteiger partial charge in [-0.15, -0.1) is 25.2 Å². The van der Waals surface area contributed by atoms with Gasteiger partial charge in [-0.05, 0) is 32.1 Å². The van der Waals surface area contributed by atoms with Gasteiger partial charge in [-0.2, -0.15) is 0 Å². The van der Waals surface area contributed by atoms with Crippen LogP contribution in [0.5, 0.6) is 0 Å². The van der Waals surface area contributed by atoms with Crippen LogP contribution in [-0.2, 0) is 115 Å². The summed E-state index contributed by atoms with van der Waals surface area (Å²) in [5.74, 6) is -7.35. The average molecular weight is 1070 g/mol. The number of nitrogens with zero attached hydrogens (tertiary/aromatic N) is 4. The highest BCUT2D eigenvalue weighted by Gasteiger charge is 2.35. The summed E-state index contributed by atoms with van der Waals surface area (Å²) in [5, 5.41) is 10.4. The van der Waals surface area contributed by atoms with Crippen molar-refractivity contribution in [3.05, 3.63) is 12.8 Å². The van der Waals surface area contributed by atoms with Crippen molar-refractivity contribution in [3.8, 4) is 0 Å². The average Bonchev–Trinajstić information content (AvgIpc) is 4.08. The van der Waals surface area contributed by atoms with E-state index in [-0.39, 0.29) is 191 Å². The van der Waals surface area contributed by atoms with Crippen molar-refractivity contribution in [1.82, 2.24) is 20.3 Å². The summed E-state index contributed by atoms with van der Waals surface area (Å²) in [6.45, 7) is 3.72. The fraction of sp³-hybridized carbons (Fsp3) is 0.652. The molecular formula is C46H64N4O25. The lowest BCUT2D eigenvalue weighted by molar-refractivity contribution is -0.393. The highest BCUT2D eigenvalue weighted by Crippen LogP contribution is 2.17. The summed E-state index contributed by atoms with van der Waals surface area (Å²) in [4.78, 5) is 184. The first-order valence-electron chi connectivity index (χ1n) is 23.9. The Balaban J connectivity index is 0.000000462. The van der Waals surface area contributed by atoms with Crippen LogP contribution in [0, 0.1) is 5.92 Å². The number of carbonyl (C=O) groups is 14. The molecule has 4 saturated heterocycles. The molecule has 0 radical (unpaired) electrons. The fourth-order valence-electron chi connectivity index (χ4n) is 6.27. The largest absolute Gasteiger partial charge is 0.501 e. The molecule has 0 bridgehead atoms. The fourth-order valence-corrected chi connectivity index (χ4v) is 6.27.